The fourth-order valence-corrected chi connectivity index (χ4v) is 2.38. The van der Waals surface area contributed by atoms with Gasteiger partial charge in [0.2, 0.25) is 0 Å². The molecule has 0 saturated carbocycles. The van der Waals surface area contributed by atoms with Crippen LogP contribution in [0.4, 0.5) is 5.69 Å². The molecule has 2 atom stereocenters. The van der Waals surface area contributed by atoms with Crippen LogP contribution in [-0.2, 0) is 0 Å². The summed E-state index contributed by atoms with van der Waals surface area (Å²) in [5.41, 5.74) is 0.919. The van der Waals surface area contributed by atoms with E-state index in [4.69, 9.17) is 0 Å². The van der Waals surface area contributed by atoms with Crippen LogP contribution >= 0.6 is 8.73 Å². The first kappa shape index (κ1) is 8.14. The van der Waals surface area contributed by atoms with E-state index in [1.165, 1.54) is 0 Å². The first-order chi connectivity index (χ1) is 5.81. The lowest BCUT2D eigenvalue weighted by atomic mass is 10.3. The van der Waals surface area contributed by atoms with Crippen molar-refractivity contribution < 1.29 is 5.21 Å². The molecule has 64 valence electrons. The highest BCUT2D eigenvalue weighted by atomic mass is 31.1. The third kappa shape index (κ3) is 1.37. The molecule has 12 heavy (non-hydrogen) atoms. The fourth-order valence-electron chi connectivity index (χ4n) is 1.33. The summed E-state index contributed by atoms with van der Waals surface area (Å²) in [6.07, 6.45) is 1.05. The molecule has 0 aromatic heterocycles. The quantitative estimate of drug-likeness (QED) is 0.510. The minimum absolute atomic E-state index is 0.0979. The van der Waals surface area contributed by atoms with Gasteiger partial charge in [0.25, 0.3) is 0 Å². The minimum atomic E-state index is -0.0979. The van der Waals surface area contributed by atoms with Gasteiger partial charge in [-0.3, -0.25) is 0 Å². The number of para-hydroxylation sites is 1. The summed E-state index contributed by atoms with van der Waals surface area (Å²) in [6.45, 7) is 0.766. The second kappa shape index (κ2) is 3.11. The molecule has 1 aromatic carbocycles. The van der Waals surface area contributed by atoms with Crippen LogP contribution in [-0.4, -0.2) is 17.9 Å². The summed E-state index contributed by atoms with van der Waals surface area (Å²) >= 11 is 0. The molecule has 0 bridgehead atoms. The molecule has 2 unspecified atom stereocenters. The Morgan fingerprint density at radius 1 is 1.33 bits per heavy atom. The maximum atomic E-state index is 10.00. The predicted octanol–water partition coefficient (Wildman–Crippen LogP) is 1.49. The van der Waals surface area contributed by atoms with Crippen LogP contribution in [0.15, 0.2) is 30.3 Å². The van der Waals surface area contributed by atoms with Gasteiger partial charge in [0.1, 0.15) is 6.54 Å². The molecule has 1 saturated heterocycles. The Hall–Kier alpha value is -0.470. The van der Waals surface area contributed by atoms with Gasteiger partial charge in [0.05, 0.1) is 0 Å². The Labute approximate surface area is 73.4 Å². The van der Waals surface area contributed by atoms with Gasteiger partial charge in [0, 0.05) is 27.0 Å². The molecule has 2 N–H and O–H groups in total. The van der Waals surface area contributed by atoms with E-state index >= 15 is 0 Å². The van der Waals surface area contributed by atoms with Gasteiger partial charge in [-0.05, 0) is 0 Å². The van der Waals surface area contributed by atoms with Gasteiger partial charge < -0.3 is 0 Å². The maximum absolute atomic E-state index is 10.00. The second-order valence-corrected chi connectivity index (χ2v) is 3.94. The monoisotopic (exact) mass is 183 g/mol. The lowest BCUT2D eigenvalue weighted by Gasteiger charge is -2.22. The standard InChI is InChI=1S/C8H12N2OP/c11-10(6-7-12-9-10)8-4-2-1-3-5-8/h1-5,9,11-12H,6-7H2/q+1. The SMILES string of the molecule is O[N+]1(c2ccccc2)CCPN1. The van der Waals surface area contributed by atoms with E-state index in [1.807, 2.05) is 30.3 Å². The lowest BCUT2D eigenvalue weighted by molar-refractivity contribution is -0.0872. The van der Waals surface area contributed by atoms with Crippen molar-refractivity contribution in [1.82, 2.24) is 9.95 Å². The Balaban J connectivity index is 2.29. The molecule has 0 amide bonds. The smallest absolute Gasteiger partial charge is 0.185 e. The third-order valence-corrected chi connectivity index (χ3v) is 3.01. The molecule has 3 nitrogen and oxygen atoms in total. The highest BCUT2D eigenvalue weighted by Gasteiger charge is 2.33. The van der Waals surface area contributed by atoms with Crippen molar-refractivity contribution in [2.24, 2.45) is 0 Å². The zero-order chi connectivity index (χ0) is 8.44. The zero-order valence-corrected chi connectivity index (χ0v) is 7.70. The lowest BCUT2D eigenvalue weighted by Crippen LogP contribution is -2.50. The van der Waals surface area contributed by atoms with Gasteiger partial charge in [0.15, 0.2) is 5.69 Å². The molecule has 1 aliphatic heterocycles. The largest absolute Gasteiger partial charge is 0.190 e. The van der Waals surface area contributed by atoms with E-state index in [-0.39, 0.29) is 4.76 Å². The highest BCUT2D eigenvalue weighted by molar-refractivity contribution is 7.36. The van der Waals surface area contributed by atoms with Crippen LogP contribution < -0.4 is 9.95 Å². The molecule has 4 heteroatoms. The molecular weight excluding hydrogens is 171 g/mol. The van der Waals surface area contributed by atoms with E-state index in [1.54, 1.807) is 0 Å². The Bertz CT molecular complexity index is 259. The van der Waals surface area contributed by atoms with Gasteiger partial charge in [-0.25, -0.2) is 0 Å². The maximum Gasteiger partial charge on any atom is 0.185 e. The van der Waals surface area contributed by atoms with Gasteiger partial charge in [-0.2, -0.15) is 5.21 Å². The fraction of sp³-hybridized carbons (Fsp3) is 0.250. The summed E-state index contributed by atoms with van der Waals surface area (Å²) < 4.78 is -0.0979. The van der Waals surface area contributed by atoms with Crippen molar-refractivity contribution in [3.05, 3.63) is 30.3 Å². The average Bonchev–Trinajstić information content (AvgIpc) is 2.55. The molecule has 0 aliphatic carbocycles. The van der Waals surface area contributed by atoms with Crippen molar-refractivity contribution in [2.45, 2.75) is 0 Å². The Morgan fingerprint density at radius 3 is 2.67 bits per heavy atom. The summed E-state index contributed by atoms with van der Waals surface area (Å²) in [6, 6.07) is 9.70. The Morgan fingerprint density at radius 2 is 2.08 bits per heavy atom. The molecule has 2 rings (SSSR count). The van der Waals surface area contributed by atoms with Crippen LogP contribution in [0.2, 0.25) is 0 Å². The van der Waals surface area contributed by atoms with E-state index in [0.717, 1.165) is 18.4 Å². The molecule has 1 aliphatic rings. The number of nitrogens with zero attached hydrogens (tertiary/aromatic N) is 1. The number of rotatable bonds is 1. The molecule has 1 fully saturated rings. The van der Waals surface area contributed by atoms with Crippen molar-refractivity contribution in [2.75, 3.05) is 12.7 Å². The minimum Gasteiger partial charge on any atom is -0.190 e. The topological polar surface area (TPSA) is 32.3 Å². The van der Waals surface area contributed by atoms with Crippen molar-refractivity contribution >= 4 is 14.4 Å². The first-order valence-electron chi connectivity index (χ1n) is 3.98. The normalized spacial score (nSPS) is 31.1. The molecular formula is C8H12N2OP+. The highest BCUT2D eigenvalue weighted by Crippen LogP contribution is 2.26. The Kier molecular flexibility index (Phi) is 2.11. The van der Waals surface area contributed by atoms with Crippen molar-refractivity contribution in [3.8, 4) is 0 Å². The van der Waals surface area contributed by atoms with E-state index < -0.39 is 0 Å². The zero-order valence-electron chi connectivity index (χ0n) is 6.70. The average molecular weight is 183 g/mol. The van der Waals surface area contributed by atoms with Crippen molar-refractivity contribution in [3.63, 3.8) is 0 Å². The summed E-state index contributed by atoms with van der Waals surface area (Å²) in [5, 5.41) is 13.1. The number of benzene rings is 1. The van der Waals surface area contributed by atoms with Crippen LogP contribution in [0, 0.1) is 0 Å². The molecule has 1 aromatic rings. The number of hydrogen-bond acceptors (Lipinski definition) is 2. The first-order valence-corrected chi connectivity index (χ1v) is 5.18. The van der Waals surface area contributed by atoms with E-state index in [9.17, 15) is 5.21 Å². The van der Waals surface area contributed by atoms with Crippen LogP contribution in [0.3, 0.4) is 0 Å². The van der Waals surface area contributed by atoms with Gasteiger partial charge >= 0.3 is 0 Å². The van der Waals surface area contributed by atoms with Crippen LogP contribution in [0.1, 0.15) is 0 Å². The number of hydrogen-bond donors (Lipinski definition) is 2. The summed E-state index contributed by atoms with van der Waals surface area (Å²) in [5.74, 6) is 0. The van der Waals surface area contributed by atoms with Crippen LogP contribution in [0.5, 0.6) is 0 Å². The van der Waals surface area contributed by atoms with Crippen LogP contribution in [0.25, 0.3) is 0 Å². The molecule has 0 radical (unpaired) electrons. The summed E-state index contributed by atoms with van der Waals surface area (Å²) in [7, 11) is 0.658. The van der Waals surface area contributed by atoms with E-state index in [2.05, 4.69) is 5.20 Å². The van der Waals surface area contributed by atoms with Gasteiger partial charge in [-0.15, -0.1) is 5.20 Å². The van der Waals surface area contributed by atoms with E-state index in [0.29, 0.717) is 8.73 Å². The number of hydroxylamine groups is 1. The molecule has 0 spiro atoms. The summed E-state index contributed by atoms with van der Waals surface area (Å²) in [4.78, 5) is 0. The molecule has 1 heterocycles. The van der Waals surface area contributed by atoms with Gasteiger partial charge in [-0.1, -0.05) is 23.0 Å². The third-order valence-electron chi connectivity index (χ3n) is 2.01. The predicted molar refractivity (Wildman–Crippen MR) is 51.2 cm³/mol. The number of quaternary nitrogens is 1. The second-order valence-electron chi connectivity index (χ2n) is 2.87. The number of nitrogens with one attached hydrogen (secondary N) is 1. The van der Waals surface area contributed by atoms with Crippen molar-refractivity contribution in [1.29, 1.82) is 0 Å².